The van der Waals surface area contributed by atoms with E-state index >= 15 is 0 Å². The minimum absolute atomic E-state index is 0.186. The van der Waals surface area contributed by atoms with Crippen LogP contribution in [0.25, 0.3) is 0 Å². The summed E-state index contributed by atoms with van der Waals surface area (Å²) in [5, 5.41) is 0. The molecule has 2 saturated heterocycles. The van der Waals surface area contributed by atoms with E-state index < -0.39 is 14.1 Å². The van der Waals surface area contributed by atoms with Gasteiger partial charge in [0.2, 0.25) is 0 Å². The molecule has 2 fully saturated rings. The van der Waals surface area contributed by atoms with Crippen LogP contribution in [-0.2, 0) is 23.1 Å². The van der Waals surface area contributed by atoms with Crippen LogP contribution >= 0.6 is 7.60 Å². The number of rotatable bonds is 3. The third-order valence-electron chi connectivity index (χ3n) is 2.06. The summed E-state index contributed by atoms with van der Waals surface area (Å²) in [6.45, 7) is 3.56. The van der Waals surface area contributed by atoms with Crippen LogP contribution in [0, 0.1) is 0 Å². The summed E-state index contributed by atoms with van der Waals surface area (Å²) in [6, 6.07) is 0. The lowest BCUT2D eigenvalue weighted by molar-refractivity contribution is -0.185. The van der Waals surface area contributed by atoms with Crippen molar-refractivity contribution in [1.82, 2.24) is 0 Å². The van der Waals surface area contributed by atoms with Gasteiger partial charge in [0, 0.05) is 0 Å². The Hall–Kier alpha value is -0.190. The van der Waals surface area contributed by atoms with Crippen molar-refractivity contribution in [2.45, 2.75) is 19.0 Å². The average molecular weight is 220 g/mol. The van der Waals surface area contributed by atoms with E-state index in [1.807, 2.05) is 0 Å². The van der Waals surface area contributed by atoms with E-state index in [0.717, 1.165) is 6.42 Å². The zero-order valence-corrected chi connectivity index (χ0v) is 8.65. The van der Waals surface area contributed by atoms with Gasteiger partial charge in [-0.25, -0.2) is 0 Å². The van der Waals surface area contributed by atoms with Gasteiger partial charge in [-0.2, -0.15) is 0 Å². The van der Waals surface area contributed by atoms with Gasteiger partial charge >= 0.3 is 7.60 Å². The van der Waals surface area contributed by atoms with E-state index in [1.165, 1.54) is 0 Å². The van der Waals surface area contributed by atoms with Gasteiger partial charge in [0.25, 0.3) is 6.48 Å². The van der Waals surface area contributed by atoms with Crippen LogP contribution < -0.4 is 0 Å². The fraction of sp³-hybridized carbons (Fsp3) is 0.750. The predicted octanol–water partition coefficient (Wildman–Crippen LogP) is 1.50. The van der Waals surface area contributed by atoms with E-state index in [4.69, 9.17) is 18.5 Å². The standard InChI is InChI=1S/C8H13O5P/c1-2-7-6-10-8(12-7)13-14(9)5-3-4-11-14/h2,7-8H,1,3-6H2. The van der Waals surface area contributed by atoms with E-state index in [9.17, 15) is 4.57 Å². The van der Waals surface area contributed by atoms with Gasteiger partial charge in [0.05, 0.1) is 19.4 Å². The molecule has 0 aromatic heterocycles. The third-order valence-corrected chi connectivity index (χ3v) is 3.99. The minimum Gasteiger partial charge on any atom is -0.327 e. The van der Waals surface area contributed by atoms with Gasteiger partial charge in [0.1, 0.15) is 6.10 Å². The summed E-state index contributed by atoms with van der Waals surface area (Å²) in [4.78, 5) is 0. The van der Waals surface area contributed by atoms with Crippen LogP contribution in [0.1, 0.15) is 6.42 Å². The Balaban J connectivity index is 1.86. The highest BCUT2D eigenvalue weighted by atomic mass is 31.2. The highest BCUT2D eigenvalue weighted by molar-refractivity contribution is 7.54. The van der Waals surface area contributed by atoms with Gasteiger partial charge in [0.15, 0.2) is 0 Å². The van der Waals surface area contributed by atoms with Crippen LogP contribution in [-0.4, -0.2) is 32.0 Å². The lowest BCUT2D eigenvalue weighted by Gasteiger charge is -2.15. The van der Waals surface area contributed by atoms with Crippen molar-refractivity contribution < 1.29 is 23.1 Å². The largest absolute Gasteiger partial charge is 0.334 e. The molecule has 0 bridgehead atoms. The second-order valence-electron chi connectivity index (χ2n) is 3.16. The van der Waals surface area contributed by atoms with Crippen LogP contribution in [0.4, 0.5) is 0 Å². The molecule has 2 heterocycles. The van der Waals surface area contributed by atoms with Gasteiger partial charge in [-0.3, -0.25) is 9.09 Å². The van der Waals surface area contributed by atoms with Gasteiger partial charge in [-0.1, -0.05) is 6.08 Å². The average Bonchev–Trinajstić information content (AvgIpc) is 2.75. The first kappa shape index (κ1) is 10.3. The molecule has 0 saturated carbocycles. The molecular weight excluding hydrogens is 207 g/mol. The maximum absolute atomic E-state index is 11.7. The van der Waals surface area contributed by atoms with Crippen LogP contribution in [0.3, 0.4) is 0 Å². The molecule has 3 unspecified atom stereocenters. The van der Waals surface area contributed by atoms with Crippen LogP contribution in [0.15, 0.2) is 12.7 Å². The number of hydrogen-bond acceptors (Lipinski definition) is 5. The SMILES string of the molecule is C=CC1COC(OP2(=O)CCCO2)O1. The quantitative estimate of drug-likeness (QED) is 0.533. The van der Waals surface area contributed by atoms with Crippen molar-refractivity contribution in [3.63, 3.8) is 0 Å². The third kappa shape index (κ3) is 2.24. The Labute approximate surface area is 82.5 Å². The topological polar surface area (TPSA) is 54.0 Å². The predicted molar refractivity (Wildman–Crippen MR) is 48.9 cm³/mol. The molecule has 2 rings (SSSR count). The molecule has 3 atom stereocenters. The lowest BCUT2D eigenvalue weighted by atomic mass is 10.4. The summed E-state index contributed by atoms with van der Waals surface area (Å²) < 4.78 is 32.2. The van der Waals surface area contributed by atoms with Crippen molar-refractivity contribution in [3.05, 3.63) is 12.7 Å². The summed E-state index contributed by atoms with van der Waals surface area (Å²) in [6.07, 6.45) is 2.63. The van der Waals surface area contributed by atoms with Gasteiger partial charge in [-0.05, 0) is 6.42 Å². The highest BCUT2D eigenvalue weighted by Gasteiger charge is 2.36. The summed E-state index contributed by atoms with van der Waals surface area (Å²) in [7, 11) is -2.94. The Morgan fingerprint density at radius 1 is 1.57 bits per heavy atom. The number of ether oxygens (including phenoxy) is 2. The fourth-order valence-corrected chi connectivity index (χ4v) is 2.91. The van der Waals surface area contributed by atoms with Crippen molar-refractivity contribution in [2.24, 2.45) is 0 Å². The van der Waals surface area contributed by atoms with Gasteiger partial charge < -0.3 is 14.0 Å². The second kappa shape index (κ2) is 4.13. The zero-order chi connectivity index (χ0) is 10.0. The normalized spacial score (nSPS) is 42.9. The zero-order valence-electron chi connectivity index (χ0n) is 7.76. The molecular formula is C8H13O5P. The first-order valence-corrected chi connectivity index (χ1v) is 6.26. The van der Waals surface area contributed by atoms with Crippen molar-refractivity contribution >= 4 is 7.60 Å². The van der Waals surface area contributed by atoms with Crippen LogP contribution in [0.5, 0.6) is 0 Å². The monoisotopic (exact) mass is 220 g/mol. The molecule has 2 aliphatic rings. The first-order chi connectivity index (χ1) is 6.72. The molecule has 2 aliphatic heterocycles. The smallest absolute Gasteiger partial charge is 0.327 e. The van der Waals surface area contributed by atoms with E-state index in [1.54, 1.807) is 6.08 Å². The Morgan fingerprint density at radius 2 is 2.43 bits per heavy atom. The fourth-order valence-electron chi connectivity index (χ4n) is 1.31. The molecule has 0 N–H and O–H groups in total. The lowest BCUT2D eigenvalue weighted by Crippen LogP contribution is -2.13. The van der Waals surface area contributed by atoms with E-state index in [-0.39, 0.29) is 6.10 Å². The first-order valence-electron chi connectivity index (χ1n) is 4.53. The minimum atomic E-state index is -2.94. The maximum atomic E-state index is 11.7. The molecule has 14 heavy (non-hydrogen) atoms. The Bertz CT molecular complexity index is 256. The van der Waals surface area contributed by atoms with Crippen molar-refractivity contribution in [1.29, 1.82) is 0 Å². The maximum Gasteiger partial charge on any atom is 0.334 e. The highest BCUT2D eigenvalue weighted by Crippen LogP contribution is 2.54. The molecule has 0 spiro atoms. The summed E-state index contributed by atoms with van der Waals surface area (Å²) in [5.41, 5.74) is 0. The van der Waals surface area contributed by atoms with Crippen molar-refractivity contribution in [3.8, 4) is 0 Å². The Morgan fingerprint density at radius 3 is 3.00 bits per heavy atom. The summed E-state index contributed by atoms with van der Waals surface area (Å²) in [5.74, 6) is 0. The molecule has 6 heteroatoms. The number of hydrogen-bond donors (Lipinski definition) is 0. The van der Waals surface area contributed by atoms with Crippen LogP contribution in [0.2, 0.25) is 0 Å². The second-order valence-corrected chi connectivity index (χ2v) is 5.30. The molecule has 0 aromatic rings. The van der Waals surface area contributed by atoms with Gasteiger partial charge in [-0.15, -0.1) is 6.58 Å². The Kier molecular flexibility index (Phi) is 3.04. The summed E-state index contributed by atoms with van der Waals surface area (Å²) >= 11 is 0. The molecule has 5 nitrogen and oxygen atoms in total. The molecule has 80 valence electrons. The van der Waals surface area contributed by atoms with E-state index in [2.05, 4.69) is 6.58 Å². The molecule has 0 radical (unpaired) electrons. The molecule has 0 aromatic carbocycles. The molecule has 0 amide bonds. The molecule has 0 aliphatic carbocycles. The van der Waals surface area contributed by atoms with E-state index in [0.29, 0.717) is 19.4 Å². The van der Waals surface area contributed by atoms with Crippen molar-refractivity contribution in [2.75, 3.05) is 19.4 Å².